The highest BCUT2D eigenvalue weighted by molar-refractivity contribution is 5.80. The number of nitrogens with two attached hydrogens (primary N) is 2. The molecule has 2 aromatic carbocycles. The van der Waals surface area contributed by atoms with Gasteiger partial charge in [0.25, 0.3) is 0 Å². The average molecular weight is 252 g/mol. The topological polar surface area (TPSA) is 52.0 Å². The van der Waals surface area contributed by atoms with E-state index in [1.807, 2.05) is 0 Å². The van der Waals surface area contributed by atoms with Crippen molar-refractivity contribution in [2.24, 2.45) is 0 Å². The molecule has 0 atom stereocenters. The third-order valence-corrected chi connectivity index (χ3v) is 2.61. The van der Waals surface area contributed by atoms with E-state index < -0.39 is 11.7 Å². The number of nitrogen functional groups attached to an aromatic ring is 2. The third-order valence-electron chi connectivity index (χ3n) is 2.61. The Morgan fingerprint density at radius 1 is 0.889 bits per heavy atom. The van der Waals surface area contributed by atoms with Crippen molar-refractivity contribution in [3.05, 3.63) is 48.0 Å². The molecule has 0 radical (unpaired) electrons. The lowest BCUT2D eigenvalue weighted by atomic mass is 10.00. The predicted molar refractivity (Wildman–Crippen MR) is 65.7 cm³/mol. The Kier molecular flexibility index (Phi) is 2.90. The molecule has 0 saturated heterocycles. The first-order chi connectivity index (χ1) is 8.39. The molecule has 0 aliphatic rings. The van der Waals surface area contributed by atoms with Gasteiger partial charge in [-0.3, -0.25) is 0 Å². The van der Waals surface area contributed by atoms with Crippen LogP contribution in [0.3, 0.4) is 0 Å². The molecule has 0 fully saturated rings. The molecule has 0 aliphatic heterocycles. The molecule has 0 heterocycles. The zero-order valence-corrected chi connectivity index (χ0v) is 9.33. The maximum atomic E-state index is 12.7. The first-order valence-electron chi connectivity index (χ1n) is 5.21. The highest BCUT2D eigenvalue weighted by Gasteiger charge is 2.33. The summed E-state index contributed by atoms with van der Waals surface area (Å²) in [6, 6.07) is 10.4. The molecule has 0 unspecified atom stereocenters. The normalized spacial score (nSPS) is 11.5. The monoisotopic (exact) mass is 252 g/mol. The fourth-order valence-electron chi connectivity index (χ4n) is 1.77. The van der Waals surface area contributed by atoms with Crippen molar-refractivity contribution >= 4 is 11.4 Å². The van der Waals surface area contributed by atoms with Gasteiger partial charge in [-0.25, -0.2) is 0 Å². The van der Waals surface area contributed by atoms with Crippen LogP contribution in [0.1, 0.15) is 5.56 Å². The minimum Gasteiger partial charge on any atom is -0.399 e. The van der Waals surface area contributed by atoms with E-state index in [1.165, 1.54) is 6.07 Å². The van der Waals surface area contributed by atoms with Crippen LogP contribution in [0.25, 0.3) is 11.1 Å². The maximum Gasteiger partial charge on any atom is 0.418 e. The van der Waals surface area contributed by atoms with Crippen molar-refractivity contribution in [3.8, 4) is 11.1 Å². The van der Waals surface area contributed by atoms with Gasteiger partial charge in [0, 0.05) is 11.3 Å². The summed E-state index contributed by atoms with van der Waals surface area (Å²) in [5.41, 5.74) is 11.5. The lowest BCUT2D eigenvalue weighted by Gasteiger charge is -2.13. The van der Waals surface area contributed by atoms with Gasteiger partial charge in [-0.05, 0) is 23.8 Å². The van der Waals surface area contributed by atoms with Crippen LogP contribution >= 0.6 is 0 Å². The fourth-order valence-corrected chi connectivity index (χ4v) is 1.77. The van der Waals surface area contributed by atoms with E-state index >= 15 is 0 Å². The molecule has 2 nitrogen and oxygen atoms in total. The summed E-state index contributed by atoms with van der Waals surface area (Å²) in [5.74, 6) is 0. The second-order valence-corrected chi connectivity index (χ2v) is 3.89. The molecular weight excluding hydrogens is 241 g/mol. The van der Waals surface area contributed by atoms with Crippen LogP contribution in [0.4, 0.5) is 24.5 Å². The minimum atomic E-state index is -4.46. The molecule has 0 aromatic heterocycles. The smallest absolute Gasteiger partial charge is 0.399 e. The van der Waals surface area contributed by atoms with Gasteiger partial charge in [0.2, 0.25) is 0 Å². The molecule has 0 aliphatic carbocycles. The van der Waals surface area contributed by atoms with Gasteiger partial charge in [0.15, 0.2) is 0 Å². The average Bonchev–Trinajstić information content (AvgIpc) is 2.27. The second-order valence-electron chi connectivity index (χ2n) is 3.89. The van der Waals surface area contributed by atoms with E-state index in [0.29, 0.717) is 16.8 Å². The van der Waals surface area contributed by atoms with Gasteiger partial charge >= 0.3 is 6.18 Å². The van der Waals surface area contributed by atoms with Crippen LogP contribution in [0.2, 0.25) is 0 Å². The number of anilines is 2. The van der Waals surface area contributed by atoms with E-state index in [1.54, 1.807) is 30.3 Å². The molecular formula is C13H11F3N2. The molecule has 0 saturated carbocycles. The Balaban J connectivity index is 2.60. The minimum absolute atomic E-state index is 0.282. The van der Waals surface area contributed by atoms with E-state index in [4.69, 9.17) is 11.5 Å². The summed E-state index contributed by atoms with van der Waals surface area (Å²) < 4.78 is 38.2. The van der Waals surface area contributed by atoms with E-state index in [-0.39, 0.29) is 5.69 Å². The largest absolute Gasteiger partial charge is 0.418 e. The van der Waals surface area contributed by atoms with Crippen molar-refractivity contribution in [1.82, 2.24) is 0 Å². The van der Waals surface area contributed by atoms with Crippen LogP contribution < -0.4 is 11.5 Å². The number of alkyl halides is 3. The molecule has 4 N–H and O–H groups in total. The number of hydrogen-bond acceptors (Lipinski definition) is 2. The highest BCUT2D eigenvalue weighted by atomic mass is 19.4. The number of hydrogen-bond donors (Lipinski definition) is 2. The first kappa shape index (κ1) is 12.3. The lowest BCUT2D eigenvalue weighted by molar-refractivity contribution is -0.136. The van der Waals surface area contributed by atoms with Crippen molar-refractivity contribution in [2.45, 2.75) is 6.18 Å². The summed E-state index contributed by atoms with van der Waals surface area (Å²) in [5, 5.41) is 0. The van der Waals surface area contributed by atoms with Gasteiger partial charge < -0.3 is 11.5 Å². The lowest BCUT2D eigenvalue weighted by Crippen LogP contribution is -2.09. The van der Waals surface area contributed by atoms with Gasteiger partial charge in [-0.1, -0.05) is 24.3 Å². The zero-order valence-electron chi connectivity index (χ0n) is 9.33. The van der Waals surface area contributed by atoms with E-state index in [0.717, 1.165) is 6.07 Å². The Labute approximate surface area is 102 Å². The summed E-state index contributed by atoms with van der Waals surface area (Å²) in [4.78, 5) is 0. The quantitative estimate of drug-likeness (QED) is 0.763. The number of halogens is 3. The number of rotatable bonds is 1. The van der Waals surface area contributed by atoms with Crippen molar-refractivity contribution in [1.29, 1.82) is 0 Å². The van der Waals surface area contributed by atoms with Gasteiger partial charge in [-0.15, -0.1) is 0 Å². The van der Waals surface area contributed by atoms with Crippen molar-refractivity contribution < 1.29 is 13.2 Å². The summed E-state index contributed by atoms with van der Waals surface area (Å²) in [6.45, 7) is 0. The molecule has 2 aromatic rings. The van der Waals surface area contributed by atoms with Crippen LogP contribution in [0.15, 0.2) is 42.5 Å². The standard InChI is InChI=1S/C13H11F3N2/c14-13(15,16)11-6-2-5-10(12(11)18)8-3-1-4-9(17)7-8/h1-7H,17-18H2. The molecule has 5 heteroatoms. The van der Waals surface area contributed by atoms with Crippen LogP contribution in [-0.4, -0.2) is 0 Å². The highest BCUT2D eigenvalue weighted by Crippen LogP contribution is 2.38. The van der Waals surface area contributed by atoms with Gasteiger partial charge in [0.05, 0.1) is 11.3 Å². The third kappa shape index (κ3) is 2.25. The van der Waals surface area contributed by atoms with Crippen LogP contribution in [0, 0.1) is 0 Å². The SMILES string of the molecule is Nc1cccc(-c2cccc(C(F)(F)F)c2N)c1. The Morgan fingerprint density at radius 2 is 1.56 bits per heavy atom. The molecule has 94 valence electrons. The molecule has 18 heavy (non-hydrogen) atoms. The summed E-state index contributed by atoms with van der Waals surface area (Å²) >= 11 is 0. The Hall–Kier alpha value is -2.17. The molecule has 0 bridgehead atoms. The Bertz CT molecular complexity index is 577. The molecule has 0 spiro atoms. The first-order valence-corrected chi connectivity index (χ1v) is 5.21. The van der Waals surface area contributed by atoms with Gasteiger partial charge in [-0.2, -0.15) is 13.2 Å². The summed E-state index contributed by atoms with van der Waals surface area (Å²) in [6.07, 6.45) is -4.46. The maximum absolute atomic E-state index is 12.7. The van der Waals surface area contributed by atoms with Crippen molar-refractivity contribution in [3.63, 3.8) is 0 Å². The van der Waals surface area contributed by atoms with Crippen molar-refractivity contribution in [2.75, 3.05) is 11.5 Å². The Morgan fingerprint density at radius 3 is 2.17 bits per heavy atom. The second kappa shape index (κ2) is 4.25. The molecule has 2 rings (SSSR count). The van der Waals surface area contributed by atoms with Gasteiger partial charge in [0.1, 0.15) is 0 Å². The van der Waals surface area contributed by atoms with Crippen LogP contribution in [0.5, 0.6) is 0 Å². The zero-order chi connectivity index (χ0) is 13.3. The molecule has 0 amide bonds. The predicted octanol–water partition coefficient (Wildman–Crippen LogP) is 3.54. The number of benzene rings is 2. The summed E-state index contributed by atoms with van der Waals surface area (Å²) in [7, 11) is 0. The van der Waals surface area contributed by atoms with E-state index in [9.17, 15) is 13.2 Å². The van der Waals surface area contributed by atoms with Crippen LogP contribution in [-0.2, 0) is 6.18 Å². The fraction of sp³-hybridized carbons (Fsp3) is 0.0769. The van der Waals surface area contributed by atoms with E-state index in [2.05, 4.69) is 0 Å². The number of para-hydroxylation sites is 1.